The third-order valence-electron chi connectivity index (χ3n) is 4.91. The summed E-state index contributed by atoms with van der Waals surface area (Å²) >= 11 is 0. The van der Waals surface area contributed by atoms with Gasteiger partial charge in [-0.15, -0.1) is 12.4 Å². The lowest BCUT2D eigenvalue weighted by Gasteiger charge is -2.37. The Bertz CT molecular complexity index is 871. The number of hydrogen-bond acceptors (Lipinski definition) is 4. The van der Waals surface area contributed by atoms with Crippen LogP contribution in [0.25, 0.3) is 10.9 Å². The van der Waals surface area contributed by atoms with Gasteiger partial charge in [-0.2, -0.15) is 0 Å². The molecule has 0 spiro atoms. The summed E-state index contributed by atoms with van der Waals surface area (Å²) in [6.07, 6.45) is 1.84. The number of rotatable bonds is 4. The summed E-state index contributed by atoms with van der Waals surface area (Å²) in [6, 6.07) is 19.3. The van der Waals surface area contributed by atoms with E-state index in [0.717, 1.165) is 37.4 Å². The fourth-order valence-electron chi connectivity index (χ4n) is 3.64. The number of piperazine rings is 1. The van der Waals surface area contributed by atoms with Gasteiger partial charge in [-0.1, -0.05) is 30.3 Å². The Morgan fingerprint density at radius 2 is 2.04 bits per heavy atom. The molecule has 26 heavy (non-hydrogen) atoms. The van der Waals surface area contributed by atoms with Crippen molar-refractivity contribution >= 4 is 23.3 Å². The molecular formula is C21H24ClN3O. The molecule has 0 radical (unpaired) electrons. The van der Waals surface area contributed by atoms with Crippen LogP contribution >= 0.6 is 12.4 Å². The number of benzene rings is 2. The first-order valence-electron chi connectivity index (χ1n) is 8.76. The monoisotopic (exact) mass is 369 g/mol. The predicted molar refractivity (Wildman–Crippen MR) is 108 cm³/mol. The van der Waals surface area contributed by atoms with Gasteiger partial charge in [0.1, 0.15) is 5.75 Å². The molecule has 5 heteroatoms. The number of nitrogens with zero attached hydrogens (tertiary/aromatic N) is 2. The normalized spacial score (nSPS) is 17.7. The Morgan fingerprint density at radius 1 is 1.15 bits per heavy atom. The zero-order valence-corrected chi connectivity index (χ0v) is 15.7. The fraction of sp³-hybridized carbons (Fsp3) is 0.286. The number of nitrogens with one attached hydrogen (secondary N) is 1. The number of fused-ring (bicyclic) bond motifs is 1. The second-order valence-electron chi connectivity index (χ2n) is 6.46. The zero-order valence-electron chi connectivity index (χ0n) is 14.9. The molecule has 0 amide bonds. The van der Waals surface area contributed by atoms with Crippen LogP contribution < -0.4 is 10.1 Å². The van der Waals surface area contributed by atoms with E-state index in [9.17, 15) is 0 Å². The van der Waals surface area contributed by atoms with E-state index in [0.29, 0.717) is 6.04 Å². The SMILES string of the molecule is COc1ccccc1C1CNCCN1Cc1ccc2ncccc2c1.Cl. The molecule has 1 aliphatic heterocycles. The molecule has 1 saturated heterocycles. The number of para-hydroxylation sites is 1. The predicted octanol–water partition coefficient (Wildman–Crippen LogP) is 3.81. The van der Waals surface area contributed by atoms with Crippen molar-refractivity contribution in [3.8, 4) is 5.75 Å². The van der Waals surface area contributed by atoms with Crippen molar-refractivity contribution in [3.05, 3.63) is 71.9 Å². The van der Waals surface area contributed by atoms with Gasteiger partial charge in [0.2, 0.25) is 0 Å². The van der Waals surface area contributed by atoms with Crippen LogP contribution in [0, 0.1) is 0 Å². The first-order valence-corrected chi connectivity index (χ1v) is 8.76. The highest BCUT2D eigenvalue weighted by Crippen LogP contribution is 2.31. The molecule has 2 heterocycles. The largest absolute Gasteiger partial charge is 0.496 e. The maximum atomic E-state index is 5.59. The second kappa shape index (κ2) is 8.49. The standard InChI is InChI=1S/C21H23N3O.ClH/c1-25-21-7-3-2-6-18(21)20-14-22-11-12-24(20)15-16-8-9-19-17(13-16)5-4-10-23-19;/h2-10,13,20,22H,11-12,14-15H2,1H3;1H. The molecular weight excluding hydrogens is 346 g/mol. The van der Waals surface area contributed by atoms with E-state index in [4.69, 9.17) is 4.74 Å². The summed E-state index contributed by atoms with van der Waals surface area (Å²) in [6.45, 7) is 3.90. The van der Waals surface area contributed by atoms with Crippen molar-refractivity contribution in [2.45, 2.75) is 12.6 Å². The Balaban J connectivity index is 0.00000196. The molecule has 4 nitrogen and oxygen atoms in total. The molecule has 1 unspecified atom stereocenters. The summed E-state index contributed by atoms with van der Waals surface area (Å²) in [5.41, 5.74) is 3.62. The maximum absolute atomic E-state index is 5.59. The summed E-state index contributed by atoms with van der Waals surface area (Å²) in [5, 5.41) is 4.72. The van der Waals surface area contributed by atoms with Crippen LogP contribution in [0.4, 0.5) is 0 Å². The molecule has 136 valence electrons. The first-order chi connectivity index (χ1) is 12.3. The molecule has 0 aliphatic carbocycles. The van der Waals surface area contributed by atoms with E-state index in [1.807, 2.05) is 24.4 Å². The number of halogens is 1. The third-order valence-corrected chi connectivity index (χ3v) is 4.91. The molecule has 0 bridgehead atoms. The van der Waals surface area contributed by atoms with Crippen molar-refractivity contribution in [2.24, 2.45) is 0 Å². The minimum absolute atomic E-state index is 0. The molecule has 1 atom stereocenters. The van der Waals surface area contributed by atoms with Crippen molar-refractivity contribution in [2.75, 3.05) is 26.7 Å². The topological polar surface area (TPSA) is 37.4 Å². The van der Waals surface area contributed by atoms with Gasteiger partial charge in [-0.05, 0) is 29.8 Å². The number of pyridine rings is 1. The highest BCUT2D eigenvalue weighted by atomic mass is 35.5. The average Bonchev–Trinajstić information content (AvgIpc) is 2.68. The quantitative estimate of drug-likeness (QED) is 0.758. The molecule has 1 aliphatic rings. The van der Waals surface area contributed by atoms with E-state index in [2.05, 4.69) is 51.6 Å². The maximum Gasteiger partial charge on any atom is 0.123 e. The third kappa shape index (κ3) is 3.83. The molecule has 4 rings (SSSR count). The van der Waals surface area contributed by atoms with Crippen molar-refractivity contribution in [3.63, 3.8) is 0 Å². The zero-order chi connectivity index (χ0) is 17.1. The number of methoxy groups -OCH3 is 1. The van der Waals surface area contributed by atoms with Crippen molar-refractivity contribution in [1.29, 1.82) is 0 Å². The van der Waals surface area contributed by atoms with Gasteiger partial charge in [0, 0.05) is 43.3 Å². The van der Waals surface area contributed by atoms with E-state index >= 15 is 0 Å². The van der Waals surface area contributed by atoms with Crippen LogP contribution in [-0.2, 0) is 6.54 Å². The summed E-state index contributed by atoms with van der Waals surface area (Å²) in [7, 11) is 1.75. The van der Waals surface area contributed by atoms with Gasteiger partial charge in [0.15, 0.2) is 0 Å². The van der Waals surface area contributed by atoms with E-state index in [-0.39, 0.29) is 12.4 Å². The van der Waals surface area contributed by atoms with Crippen molar-refractivity contribution < 1.29 is 4.74 Å². The Kier molecular flexibility index (Phi) is 6.09. The second-order valence-corrected chi connectivity index (χ2v) is 6.46. The number of ether oxygens (including phenoxy) is 1. The van der Waals surface area contributed by atoms with Gasteiger partial charge in [0.05, 0.1) is 18.7 Å². The molecule has 3 aromatic rings. The summed E-state index contributed by atoms with van der Waals surface area (Å²) in [4.78, 5) is 6.95. The van der Waals surface area contributed by atoms with Crippen LogP contribution in [0.2, 0.25) is 0 Å². The Labute approximate surface area is 160 Å². The van der Waals surface area contributed by atoms with E-state index in [1.54, 1.807) is 7.11 Å². The molecule has 2 aromatic carbocycles. The van der Waals surface area contributed by atoms with Crippen LogP contribution in [0.15, 0.2) is 60.8 Å². The first kappa shape index (κ1) is 18.6. The van der Waals surface area contributed by atoms with E-state index in [1.165, 1.54) is 16.5 Å². The molecule has 1 N–H and O–H groups in total. The van der Waals surface area contributed by atoms with Crippen LogP contribution in [0.3, 0.4) is 0 Å². The van der Waals surface area contributed by atoms with Crippen molar-refractivity contribution in [1.82, 2.24) is 15.2 Å². The van der Waals surface area contributed by atoms with Crippen LogP contribution in [-0.4, -0.2) is 36.6 Å². The van der Waals surface area contributed by atoms with Gasteiger partial charge >= 0.3 is 0 Å². The highest BCUT2D eigenvalue weighted by Gasteiger charge is 2.26. The fourth-order valence-corrected chi connectivity index (χ4v) is 3.64. The van der Waals surface area contributed by atoms with Gasteiger partial charge in [0.25, 0.3) is 0 Å². The Morgan fingerprint density at radius 3 is 2.92 bits per heavy atom. The number of aromatic nitrogens is 1. The van der Waals surface area contributed by atoms with Crippen LogP contribution in [0.1, 0.15) is 17.2 Å². The highest BCUT2D eigenvalue weighted by molar-refractivity contribution is 5.85. The lowest BCUT2D eigenvalue weighted by Crippen LogP contribution is -2.45. The smallest absolute Gasteiger partial charge is 0.123 e. The molecule has 1 aromatic heterocycles. The van der Waals surface area contributed by atoms with Gasteiger partial charge in [-0.25, -0.2) is 0 Å². The Hall–Kier alpha value is -2.14. The van der Waals surface area contributed by atoms with Crippen LogP contribution in [0.5, 0.6) is 5.75 Å². The lowest BCUT2D eigenvalue weighted by atomic mass is 10.0. The van der Waals surface area contributed by atoms with E-state index < -0.39 is 0 Å². The molecule has 1 fully saturated rings. The lowest BCUT2D eigenvalue weighted by molar-refractivity contribution is 0.151. The minimum Gasteiger partial charge on any atom is -0.496 e. The average molecular weight is 370 g/mol. The minimum atomic E-state index is 0. The molecule has 0 saturated carbocycles. The summed E-state index contributed by atoms with van der Waals surface area (Å²) in [5.74, 6) is 0.962. The number of hydrogen-bond donors (Lipinski definition) is 1. The van der Waals surface area contributed by atoms with Gasteiger partial charge in [-0.3, -0.25) is 9.88 Å². The summed E-state index contributed by atoms with van der Waals surface area (Å²) < 4.78 is 5.59. The van der Waals surface area contributed by atoms with Gasteiger partial charge < -0.3 is 10.1 Å².